The lowest BCUT2D eigenvalue weighted by molar-refractivity contribution is -0.683. The lowest BCUT2D eigenvalue weighted by Crippen LogP contribution is -3.00. The molecule has 0 radical (unpaired) electrons. The van der Waals surface area contributed by atoms with Crippen molar-refractivity contribution >= 4 is 5.78 Å². The van der Waals surface area contributed by atoms with Gasteiger partial charge in [0.25, 0.3) is 0 Å². The molecule has 0 unspecified atom stereocenters. The highest BCUT2D eigenvalue weighted by atomic mass is 127. The van der Waals surface area contributed by atoms with Crippen LogP contribution in [0.25, 0.3) is 0 Å². The van der Waals surface area contributed by atoms with Crippen LogP contribution in [-0.2, 0) is 6.54 Å². The van der Waals surface area contributed by atoms with E-state index in [-0.39, 0.29) is 42.1 Å². The van der Waals surface area contributed by atoms with Crippen LogP contribution < -0.4 is 28.5 Å². The standard InChI is InChI=1S/C13H11FNO.HI/c14-12-6-4-11(5-7-12)13(16)10-15-8-2-1-3-9-15;/h1-9H,10H2;1H/q+1;/p-1. The molecule has 0 spiro atoms. The fraction of sp³-hybridized carbons (Fsp3) is 0.0769. The van der Waals surface area contributed by atoms with Crippen LogP contribution >= 0.6 is 0 Å². The van der Waals surface area contributed by atoms with Gasteiger partial charge in [0, 0.05) is 17.7 Å². The van der Waals surface area contributed by atoms with E-state index in [0.29, 0.717) is 5.56 Å². The largest absolute Gasteiger partial charge is 1.00 e. The zero-order chi connectivity index (χ0) is 11.4. The molecule has 17 heavy (non-hydrogen) atoms. The second kappa shape index (κ2) is 6.44. The summed E-state index contributed by atoms with van der Waals surface area (Å²) in [5.74, 6) is -0.361. The van der Waals surface area contributed by atoms with Crippen molar-refractivity contribution < 1.29 is 37.7 Å². The molecule has 0 bridgehead atoms. The Morgan fingerprint density at radius 2 is 1.65 bits per heavy atom. The maximum absolute atomic E-state index is 12.7. The summed E-state index contributed by atoms with van der Waals surface area (Å²) in [5, 5.41) is 0. The molecule has 0 atom stereocenters. The van der Waals surface area contributed by atoms with Gasteiger partial charge >= 0.3 is 0 Å². The number of aromatic nitrogens is 1. The predicted molar refractivity (Wildman–Crippen MR) is 57.4 cm³/mol. The third-order valence-corrected chi connectivity index (χ3v) is 2.27. The first-order valence-electron chi connectivity index (χ1n) is 4.98. The Labute approximate surface area is 116 Å². The number of hydrogen-bond donors (Lipinski definition) is 0. The molecule has 4 heteroatoms. The van der Waals surface area contributed by atoms with Crippen LogP contribution in [0.5, 0.6) is 0 Å². The second-order valence-electron chi connectivity index (χ2n) is 3.48. The predicted octanol–water partition coefficient (Wildman–Crippen LogP) is -1.000. The topological polar surface area (TPSA) is 20.9 Å². The zero-order valence-electron chi connectivity index (χ0n) is 9.01. The molecule has 1 aromatic carbocycles. The molecule has 0 fully saturated rings. The number of nitrogens with zero attached hydrogens (tertiary/aromatic N) is 1. The monoisotopic (exact) mass is 343 g/mol. The summed E-state index contributed by atoms with van der Waals surface area (Å²) in [6.45, 7) is 0.270. The van der Waals surface area contributed by atoms with Crippen molar-refractivity contribution in [3.63, 3.8) is 0 Å². The third-order valence-electron chi connectivity index (χ3n) is 2.27. The van der Waals surface area contributed by atoms with Crippen molar-refractivity contribution in [1.29, 1.82) is 0 Å². The number of hydrogen-bond acceptors (Lipinski definition) is 1. The number of benzene rings is 1. The van der Waals surface area contributed by atoms with Gasteiger partial charge in [-0.2, -0.15) is 4.57 Å². The highest BCUT2D eigenvalue weighted by molar-refractivity contribution is 5.94. The van der Waals surface area contributed by atoms with Crippen LogP contribution in [0.2, 0.25) is 0 Å². The van der Waals surface area contributed by atoms with Crippen LogP contribution in [-0.4, -0.2) is 5.78 Å². The number of carbonyl (C=O) groups excluding carboxylic acids is 1. The molecule has 1 aromatic heterocycles. The van der Waals surface area contributed by atoms with E-state index >= 15 is 0 Å². The molecule has 0 saturated heterocycles. The molecule has 2 aromatic rings. The molecule has 0 saturated carbocycles. The SMILES string of the molecule is O=C(C[n+]1ccccc1)c1ccc(F)cc1.[I-]. The first-order chi connectivity index (χ1) is 7.75. The zero-order valence-corrected chi connectivity index (χ0v) is 11.2. The Morgan fingerprint density at radius 3 is 2.24 bits per heavy atom. The molecule has 0 amide bonds. The quantitative estimate of drug-likeness (QED) is 0.398. The Morgan fingerprint density at radius 1 is 1.06 bits per heavy atom. The van der Waals surface area contributed by atoms with Gasteiger partial charge in [-0.3, -0.25) is 4.79 Å². The lowest BCUT2D eigenvalue weighted by Gasteiger charge is -1.97. The van der Waals surface area contributed by atoms with E-state index in [1.54, 1.807) is 4.57 Å². The average molecular weight is 343 g/mol. The normalized spacial score (nSPS) is 9.47. The van der Waals surface area contributed by atoms with Crippen LogP contribution in [0.15, 0.2) is 54.9 Å². The first kappa shape index (κ1) is 13.8. The van der Waals surface area contributed by atoms with Gasteiger partial charge in [0.2, 0.25) is 12.3 Å². The first-order valence-corrected chi connectivity index (χ1v) is 4.98. The molecule has 0 aliphatic heterocycles. The number of pyridine rings is 1. The summed E-state index contributed by atoms with van der Waals surface area (Å²) in [4.78, 5) is 11.8. The van der Waals surface area contributed by atoms with Crippen molar-refractivity contribution in [2.75, 3.05) is 0 Å². The van der Waals surface area contributed by atoms with Gasteiger partial charge in [0.1, 0.15) is 5.82 Å². The third kappa shape index (κ3) is 3.89. The van der Waals surface area contributed by atoms with Crippen LogP contribution in [0.1, 0.15) is 10.4 Å². The van der Waals surface area contributed by atoms with E-state index in [1.807, 2.05) is 30.6 Å². The number of ketones is 1. The minimum absolute atomic E-state index is 0. The molecular formula is C13H11FINO. The minimum Gasteiger partial charge on any atom is -1.00 e. The van der Waals surface area contributed by atoms with Crippen LogP contribution in [0, 0.1) is 5.82 Å². The maximum atomic E-state index is 12.7. The summed E-state index contributed by atoms with van der Waals surface area (Å²) < 4.78 is 14.4. The van der Waals surface area contributed by atoms with Gasteiger partial charge in [-0.25, -0.2) is 4.39 Å². The van der Waals surface area contributed by atoms with Gasteiger partial charge in [0.15, 0.2) is 12.4 Å². The van der Waals surface area contributed by atoms with E-state index in [0.717, 1.165) is 0 Å². The Balaban J connectivity index is 0.00000144. The Hall–Kier alpha value is -1.30. The molecule has 0 aliphatic carbocycles. The fourth-order valence-electron chi connectivity index (χ4n) is 1.43. The number of Topliss-reactive ketones (excluding diaryl/α,β-unsaturated/α-hetero) is 1. The highest BCUT2D eigenvalue weighted by Gasteiger charge is 2.10. The van der Waals surface area contributed by atoms with Crippen molar-refractivity contribution in [3.8, 4) is 0 Å². The van der Waals surface area contributed by atoms with Gasteiger partial charge < -0.3 is 24.0 Å². The molecule has 0 N–H and O–H groups in total. The summed E-state index contributed by atoms with van der Waals surface area (Å²) in [6, 6.07) is 11.2. The molecule has 0 aliphatic rings. The summed E-state index contributed by atoms with van der Waals surface area (Å²) in [7, 11) is 0. The van der Waals surface area contributed by atoms with Crippen molar-refractivity contribution in [2.24, 2.45) is 0 Å². The van der Waals surface area contributed by atoms with E-state index in [2.05, 4.69) is 0 Å². The maximum Gasteiger partial charge on any atom is 0.227 e. The summed E-state index contributed by atoms with van der Waals surface area (Å²) in [6.07, 6.45) is 3.64. The van der Waals surface area contributed by atoms with Crippen LogP contribution in [0.3, 0.4) is 0 Å². The van der Waals surface area contributed by atoms with Gasteiger partial charge in [0.05, 0.1) is 0 Å². The molecule has 2 nitrogen and oxygen atoms in total. The number of carbonyl (C=O) groups is 1. The second-order valence-corrected chi connectivity index (χ2v) is 3.48. The fourth-order valence-corrected chi connectivity index (χ4v) is 1.43. The van der Waals surface area contributed by atoms with Crippen molar-refractivity contribution in [3.05, 3.63) is 66.2 Å². The number of halogens is 2. The summed E-state index contributed by atoms with van der Waals surface area (Å²) in [5.41, 5.74) is 0.526. The van der Waals surface area contributed by atoms with Gasteiger partial charge in [-0.15, -0.1) is 0 Å². The lowest BCUT2D eigenvalue weighted by atomic mass is 10.1. The van der Waals surface area contributed by atoms with Gasteiger partial charge in [-0.1, -0.05) is 6.07 Å². The number of rotatable bonds is 3. The molecule has 1 heterocycles. The highest BCUT2D eigenvalue weighted by Crippen LogP contribution is 2.03. The van der Waals surface area contributed by atoms with E-state index in [1.165, 1.54) is 24.3 Å². The molecule has 88 valence electrons. The molecular weight excluding hydrogens is 332 g/mol. The summed E-state index contributed by atoms with van der Waals surface area (Å²) >= 11 is 0. The van der Waals surface area contributed by atoms with Crippen molar-refractivity contribution in [1.82, 2.24) is 0 Å². The minimum atomic E-state index is -0.330. The Kier molecular flexibility index (Phi) is 5.21. The van der Waals surface area contributed by atoms with Crippen molar-refractivity contribution in [2.45, 2.75) is 6.54 Å². The smallest absolute Gasteiger partial charge is 0.227 e. The van der Waals surface area contributed by atoms with Gasteiger partial charge in [-0.05, 0) is 24.3 Å². The average Bonchev–Trinajstić information content (AvgIpc) is 2.31. The Bertz CT molecular complexity index is 485. The molecule has 2 rings (SSSR count). The van der Waals surface area contributed by atoms with Crippen LogP contribution in [0.4, 0.5) is 4.39 Å². The van der Waals surface area contributed by atoms with E-state index < -0.39 is 0 Å². The van der Waals surface area contributed by atoms with E-state index in [9.17, 15) is 9.18 Å². The van der Waals surface area contributed by atoms with E-state index in [4.69, 9.17) is 0 Å².